The summed E-state index contributed by atoms with van der Waals surface area (Å²) in [5, 5.41) is 13.3. The molecule has 1 aliphatic carbocycles. The highest BCUT2D eigenvalue weighted by atomic mass is 16.3. The first kappa shape index (κ1) is 13.4. The Bertz CT molecular complexity index is 393. The average Bonchev–Trinajstić information content (AvgIpc) is 2.29. The van der Waals surface area contributed by atoms with Gasteiger partial charge in [-0.1, -0.05) is 25.5 Å². The standard InChI is InChI=1S/C16H25NO/c1-4-16(6-5-7-16)11-17-10-14-8-12(2)15(18)13(3)9-14/h8-9,17-18H,4-7,10-11H2,1-3H3. The van der Waals surface area contributed by atoms with Gasteiger partial charge in [0.25, 0.3) is 0 Å². The Kier molecular flexibility index (Phi) is 3.96. The van der Waals surface area contributed by atoms with Gasteiger partial charge in [-0.15, -0.1) is 0 Å². The summed E-state index contributed by atoms with van der Waals surface area (Å²) in [5.41, 5.74) is 3.79. The van der Waals surface area contributed by atoms with E-state index in [0.29, 0.717) is 11.2 Å². The Morgan fingerprint density at radius 3 is 2.28 bits per heavy atom. The van der Waals surface area contributed by atoms with Crippen molar-refractivity contribution < 1.29 is 5.11 Å². The van der Waals surface area contributed by atoms with Crippen LogP contribution in [0.3, 0.4) is 0 Å². The van der Waals surface area contributed by atoms with Gasteiger partial charge in [0, 0.05) is 13.1 Å². The zero-order valence-electron chi connectivity index (χ0n) is 11.8. The second kappa shape index (κ2) is 5.31. The zero-order chi connectivity index (χ0) is 13.2. The van der Waals surface area contributed by atoms with Crippen LogP contribution in [0.1, 0.15) is 49.3 Å². The van der Waals surface area contributed by atoms with Gasteiger partial charge in [-0.25, -0.2) is 0 Å². The minimum absolute atomic E-state index is 0.433. The van der Waals surface area contributed by atoms with Crippen molar-refractivity contribution in [2.45, 2.75) is 53.0 Å². The quantitative estimate of drug-likeness (QED) is 0.832. The van der Waals surface area contributed by atoms with E-state index in [1.807, 2.05) is 13.8 Å². The Balaban J connectivity index is 1.90. The first-order chi connectivity index (χ1) is 8.56. The molecule has 0 heterocycles. The molecule has 0 amide bonds. The third-order valence-electron chi connectivity index (χ3n) is 4.54. The van der Waals surface area contributed by atoms with Crippen LogP contribution in [0.4, 0.5) is 0 Å². The predicted molar refractivity (Wildman–Crippen MR) is 75.9 cm³/mol. The molecule has 1 aromatic rings. The minimum Gasteiger partial charge on any atom is -0.507 e. The SMILES string of the molecule is CCC1(CNCc2cc(C)c(O)c(C)c2)CCC1. The van der Waals surface area contributed by atoms with Gasteiger partial charge in [0.1, 0.15) is 5.75 Å². The number of hydrogen-bond donors (Lipinski definition) is 2. The van der Waals surface area contributed by atoms with Crippen molar-refractivity contribution in [3.63, 3.8) is 0 Å². The van der Waals surface area contributed by atoms with E-state index in [-0.39, 0.29) is 0 Å². The summed E-state index contributed by atoms with van der Waals surface area (Å²) in [5.74, 6) is 0.433. The maximum absolute atomic E-state index is 9.75. The molecule has 0 radical (unpaired) electrons. The first-order valence-electron chi connectivity index (χ1n) is 7.06. The summed E-state index contributed by atoms with van der Waals surface area (Å²) in [6.45, 7) is 8.26. The van der Waals surface area contributed by atoms with Crippen LogP contribution in [-0.2, 0) is 6.54 Å². The molecule has 1 aromatic carbocycles. The Morgan fingerprint density at radius 2 is 1.83 bits per heavy atom. The van der Waals surface area contributed by atoms with Gasteiger partial charge in [-0.05, 0) is 55.2 Å². The molecule has 2 heteroatoms. The topological polar surface area (TPSA) is 32.3 Å². The van der Waals surface area contributed by atoms with E-state index in [1.54, 1.807) is 0 Å². The third kappa shape index (κ3) is 2.69. The number of hydrogen-bond acceptors (Lipinski definition) is 2. The Hall–Kier alpha value is -1.02. The lowest BCUT2D eigenvalue weighted by Crippen LogP contribution is -2.39. The van der Waals surface area contributed by atoms with Crippen molar-refractivity contribution in [3.05, 3.63) is 28.8 Å². The number of nitrogens with one attached hydrogen (secondary N) is 1. The van der Waals surface area contributed by atoms with Crippen LogP contribution in [0.2, 0.25) is 0 Å². The lowest BCUT2D eigenvalue weighted by Gasteiger charge is -2.41. The van der Waals surface area contributed by atoms with Gasteiger partial charge >= 0.3 is 0 Å². The van der Waals surface area contributed by atoms with Gasteiger partial charge in [0.2, 0.25) is 0 Å². The summed E-state index contributed by atoms with van der Waals surface area (Å²) in [6.07, 6.45) is 5.44. The summed E-state index contributed by atoms with van der Waals surface area (Å²) in [4.78, 5) is 0. The van der Waals surface area contributed by atoms with Crippen molar-refractivity contribution in [1.82, 2.24) is 5.32 Å². The van der Waals surface area contributed by atoms with E-state index >= 15 is 0 Å². The molecular weight excluding hydrogens is 222 g/mol. The van der Waals surface area contributed by atoms with Gasteiger partial charge < -0.3 is 10.4 Å². The molecule has 0 aliphatic heterocycles. The molecule has 1 saturated carbocycles. The second-order valence-corrected chi connectivity index (χ2v) is 5.89. The highest BCUT2D eigenvalue weighted by molar-refractivity contribution is 5.42. The van der Waals surface area contributed by atoms with Crippen molar-refractivity contribution in [2.24, 2.45) is 5.41 Å². The summed E-state index contributed by atoms with van der Waals surface area (Å²) < 4.78 is 0. The van der Waals surface area contributed by atoms with Crippen molar-refractivity contribution >= 4 is 0 Å². The van der Waals surface area contributed by atoms with Crippen LogP contribution in [-0.4, -0.2) is 11.7 Å². The number of aryl methyl sites for hydroxylation is 2. The fourth-order valence-electron chi connectivity index (χ4n) is 2.95. The van der Waals surface area contributed by atoms with Gasteiger partial charge in [-0.2, -0.15) is 0 Å². The molecule has 2 nitrogen and oxygen atoms in total. The van der Waals surface area contributed by atoms with E-state index in [2.05, 4.69) is 24.4 Å². The van der Waals surface area contributed by atoms with Crippen LogP contribution in [0.5, 0.6) is 5.75 Å². The summed E-state index contributed by atoms with van der Waals surface area (Å²) in [6, 6.07) is 4.16. The average molecular weight is 247 g/mol. The maximum atomic E-state index is 9.75. The lowest BCUT2D eigenvalue weighted by molar-refractivity contribution is 0.124. The maximum Gasteiger partial charge on any atom is 0.121 e. The lowest BCUT2D eigenvalue weighted by atomic mass is 9.67. The molecule has 1 fully saturated rings. The normalized spacial score (nSPS) is 17.5. The molecule has 0 saturated heterocycles. The van der Waals surface area contributed by atoms with Crippen LogP contribution in [0.15, 0.2) is 12.1 Å². The van der Waals surface area contributed by atoms with Crippen LogP contribution < -0.4 is 5.32 Å². The van der Waals surface area contributed by atoms with E-state index < -0.39 is 0 Å². The molecule has 0 spiro atoms. The molecule has 2 N–H and O–H groups in total. The smallest absolute Gasteiger partial charge is 0.121 e. The molecule has 0 unspecified atom stereocenters. The highest BCUT2D eigenvalue weighted by Gasteiger charge is 2.34. The van der Waals surface area contributed by atoms with E-state index in [9.17, 15) is 5.11 Å². The van der Waals surface area contributed by atoms with E-state index in [0.717, 1.165) is 24.2 Å². The van der Waals surface area contributed by atoms with Crippen molar-refractivity contribution in [1.29, 1.82) is 0 Å². The Labute approximate surface area is 110 Å². The molecule has 2 rings (SSSR count). The van der Waals surface area contributed by atoms with Crippen molar-refractivity contribution in [3.8, 4) is 5.75 Å². The van der Waals surface area contributed by atoms with Crippen molar-refractivity contribution in [2.75, 3.05) is 6.54 Å². The molecule has 0 bridgehead atoms. The fourth-order valence-corrected chi connectivity index (χ4v) is 2.95. The number of rotatable bonds is 5. The number of phenols is 1. The van der Waals surface area contributed by atoms with Gasteiger partial charge in [-0.3, -0.25) is 0 Å². The number of benzene rings is 1. The molecule has 0 atom stereocenters. The number of phenolic OH excluding ortho intramolecular Hbond substituents is 1. The third-order valence-corrected chi connectivity index (χ3v) is 4.54. The second-order valence-electron chi connectivity index (χ2n) is 5.89. The minimum atomic E-state index is 0.433. The molecule has 100 valence electrons. The first-order valence-corrected chi connectivity index (χ1v) is 7.06. The summed E-state index contributed by atoms with van der Waals surface area (Å²) >= 11 is 0. The fraction of sp³-hybridized carbons (Fsp3) is 0.625. The van der Waals surface area contributed by atoms with E-state index in [1.165, 1.54) is 31.2 Å². The van der Waals surface area contributed by atoms with E-state index in [4.69, 9.17) is 0 Å². The zero-order valence-corrected chi connectivity index (χ0v) is 11.8. The Morgan fingerprint density at radius 1 is 1.22 bits per heavy atom. The summed E-state index contributed by atoms with van der Waals surface area (Å²) in [7, 11) is 0. The molecule has 0 aromatic heterocycles. The van der Waals surface area contributed by atoms with Crippen LogP contribution >= 0.6 is 0 Å². The van der Waals surface area contributed by atoms with Gasteiger partial charge in [0.05, 0.1) is 0 Å². The highest BCUT2D eigenvalue weighted by Crippen LogP contribution is 2.43. The molecule has 1 aliphatic rings. The number of aromatic hydroxyl groups is 1. The monoisotopic (exact) mass is 247 g/mol. The molecular formula is C16H25NO. The predicted octanol–water partition coefficient (Wildman–Crippen LogP) is 3.68. The van der Waals surface area contributed by atoms with Crippen LogP contribution in [0, 0.1) is 19.3 Å². The molecule has 18 heavy (non-hydrogen) atoms. The van der Waals surface area contributed by atoms with Crippen LogP contribution in [0.25, 0.3) is 0 Å². The largest absolute Gasteiger partial charge is 0.507 e. The van der Waals surface area contributed by atoms with Gasteiger partial charge in [0.15, 0.2) is 0 Å².